The molecule has 268 valence electrons. The van der Waals surface area contributed by atoms with Gasteiger partial charge in [-0.2, -0.15) is 16.8 Å². The second kappa shape index (κ2) is 15.5. The van der Waals surface area contributed by atoms with Gasteiger partial charge in [-0.05, 0) is 87.8 Å². The summed E-state index contributed by atoms with van der Waals surface area (Å²) in [5.74, 6) is 3.07. The van der Waals surface area contributed by atoms with Crippen LogP contribution in [0.5, 0.6) is 0 Å². The lowest BCUT2D eigenvalue weighted by molar-refractivity contribution is -0.563. The molecule has 47 heavy (non-hydrogen) atoms. The SMILES string of the molecule is CC(CCN1C(=CC2=[N+](CCC(C)S(=O)(=O)O)C3CC(C4CCCCC4)CCC3S2)SC2CCC(C3CCCCC3)CC21)S(=O)(=O)O. The predicted molar refractivity (Wildman–Crippen MR) is 194 cm³/mol. The molecular formula is C35H59N2O6S4+. The molecule has 0 radical (unpaired) electrons. The smallest absolute Gasteiger partial charge is 0.267 e. The predicted octanol–water partition coefficient (Wildman–Crippen LogP) is 7.60. The first kappa shape index (κ1) is 36.5. The highest BCUT2D eigenvalue weighted by Gasteiger charge is 2.49. The number of fused-ring (bicyclic) bond motifs is 2. The Labute approximate surface area is 293 Å². The Morgan fingerprint density at radius 3 is 1.87 bits per heavy atom. The minimum Gasteiger partial charge on any atom is -0.362 e. The normalized spacial score (nSPS) is 35.2. The van der Waals surface area contributed by atoms with Crippen LogP contribution in [0.1, 0.15) is 129 Å². The molecule has 0 bridgehead atoms. The molecule has 0 spiro atoms. The van der Waals surface area contributed by atoms with E-state index in [1.165, 1.54) is 100.0 Å². The fourth-order valence-electron chi connectivity index (χ4n) is 9.90. The van der Waals surface area contributed by atoms with E-state index in [-0.39, 0.29) is 0 Å². The summed E-state index contributed by atoms with van der Waals surface area (Å²) in [4.78, 5) is 2.49. The van der Waals surface area contributed by atoms with Crippen molar-refractivity contribution >= 4 is 48.8 Å². The van der Waals surface area contributed by atoms with Crippen molar-refractivity contribution in [1.82, 2.24) is 4.90 Å². The lowest BCUT2D eigenvalue weighted by Crippen LogP contribution is -2.42. The molecule has 12 heteroatoms. The third-order valence-corrected chi connectivity index (χ3v) is 18.4. The Kier molecular flexibility index (Phi) is 12.1. The number of rotatable bonds is 11. The zero-order valence-electron chi connectivity index (χ0n) is 28.5. The highest BCUT2D eigenvalue weighted by molar-refractivity contribution is 8.15. The molecule has 0 amide bonds. The van der Waals surface area contributed by atoms with E-state index in [0.717, 1.165) is 36.5 Å². The van der Waals surface area contributed by atoms with Crippen molar-refractivity contribution in [2.75, 3.05) is 13.1 Å². The first-order chi connectivity index (χ1) is 22.4. The quantitative estimate of drug-likeness (QED) is 0.164. The molecule has 0 aromatic heterocycles. The molecule has 8 unspecified atom stereocenters. The molecule has 8 atom stereocenters. The number of thioether (sulfide) groups is 2. The van der Waals surface area contributed by atoms with Gasteiger partial charge in [0, 0.05) is 36.8 Å². The van der Waals surface area contributed by atoms with Crippen molar-refractivity contribution < 1.29 is 30.5 Å². The third kappa shape index (κ3) is 8.79. The number of hydrogen-bond acceptors (Lipinski definition) is 7. The van der Waals surface area contributed by atoms with Crippen molar-refractivity contribution in [1.29, 1.82) is 0 Å². The summed E-state index contributed by atoms with van der Waals surface area (Å²) in [6.45, 7) is 4.43. The molecule has 2 aliphatic heterocycles. The maximum Gasteiger partial charge on any atom is 0.267 e. The molecule has 0 aromatic rings. The van der Waals surface area contributed by atoms with E-state index in [4.69, 9.17) is 0 Å². The van der Waals surface area contributed by atoms with Crippen LogP contribution in [0.3, 0.4) is 0 Å². The van der Waals surface area contributed by atoms with E-state index in [1.807, 2.05) is 23.5 Å². The monoisotopic (exact) mass is 731 g/mol. The number of hydrogen-bond donors (Lipinski definition) is 2. The largest absolute Gasteiger partial charge is 0.362 e. The van der Waals surface area contributed by atoms with Gasteiger partial charge in [0.2, 0.25) is 5.04 Å². The third-order valence-electron chi connectivity index (χ3n) is 13.0. The molecule has 4 aliphatic carbocycles. The summed E-state index contributed by atoms with van der Waals surface area (Å²) in [7, 11) is -8.19. The Morgan fingerprint density at radius 2 is 1.28 bits per heavy atom. The Bertz CT molecular complexity index is 1370. The summed E-state index contributed by atoms with van der Waals surface area (Å²) < 4.78 is 70.1. The molecule has 2 heterocycles. The van der Waals surface area contributed by atoms with Gasteiger partial charge in [-0.1, -0.05) is 64.2 Å². The van der Waals surface area contributed by atoms with Crippen LogP contribution in [0.4, 0.5) is 0 Å². The second-order valence-electron chi connectivity index (χ2n) is 15.8. The molecule has 6 aliphatic rings. The van der Waals surface area contributed by atoms with E-state index < -0.39 is 30.7 Å². The van der Waals surface area contributed by atoms with Gasteiger partial charge in [-0.15, -0.1) is 11.8 Å². The van der Waals surface area contributed by atoms with Gasteiger partial charge in [0.25, 0.3) is 20.2 Å². The van der Waals surface area contributed by atoms with Gasteiger partial charge in [-0.25, -0.2) is 4.58 Å². The molecule has 2 N–H and O–H groups in total. The minimum absolute atomic E-state index is 0.374. The molecular weight excluding hydrogens is 673 g/mol. The van der Waals surface area contributed by atoms with E-state index >= 15 is 0 Å². The summed E-state index contributed by atoms with van der Waals surface area (Å²) in [6.07, 6.45) is 23.8. The summed E-state index contributed by atoms with van der Waals surface area (Å²) in [6, 6.07) is 0.747. The summed E-state index contributed by atoms with van der Waals surface area (Å²) >= 11 is 3.93. The van der Waals surface area contributed by atoms with Crippen molar-refractivity contribution in [3.63, 3.8) is 0 Å². The summed E-state index contributed by atoms with van der Waals surface area (Å²) in [5, 5.41) is 1.78. The van der Waals surface area contributed by atoms with Crippen molar-refractivity contribution in [3.8, 4) is 0 Å². The summed E-state index contributed by atoms with van der Waals surface area (Å²) in [5.41, 5.74) is 0. The minimum atomic E-state index is -4.10. The van der Waals surface area contributed by atoms with Crippen LogP contribution in [0.25, 0.3) is 0 Å². The van der Waals surface area contributed by atoms with Gasteiger partial charge < -0.3 is 4.90 Å². The van der Waals surface area contributed by atoms with Gasteiger partial charge >= 0.3 is 0 Å². The molecule has 1 saturated heterocycles. The molecule has 0 aromatic carbocycles. The van der Waals surface area contributed by atoms with Crippen molar-refractivity contribution in [2.24, 2.45) is 23.7 Å². The Hall–Kier alpha value is -0.270. The zero-order valence-corrected chi connectivity index (χ0v) is 31.8. The standard InChI is InChI=1S/C35H58N2O6S4/c1-24(46(38,39)40)17-19-36-30-21-28(26-9-5-3-6-10-26)13-15-32(30)44-34(36)23-35-37(20-18-25(2)47(41,42)43)31-22-29(14-16-33(31)45-35)27-11-7-4-8-12-27/h23-33H,3-22H2,1-2H3,(H-,38,39,40,41,42,43)/p+1. The molecule has 5 fully saturated rings. The van der Waals surface area contributed by atoms with Gasteiger partial charge in [0.15, 0.2) is 6.04 Å². The zero-order chi connectivity index (χ0) is 33.3. The second-order valence-corrected chi connectivity index (χ2v) is 22.0. The van der Waals surface area contributed by atoms with Crippen LogP contribution in [0.2, 0.25) is 0 Å². The maximum absolute atomic E-state index is 12.0. The van der Waals surface area contributed by atoms with Crippen LogP contribution in [0, 0.1) is 23.7 Å². The first-order valence-corrected chi connectivity index (χ1v) is 23.5. The van der Waals surface area contributed by atoms with E-state index in [0.29, 0.717) is 48.5 Å². The van der Waals surface area contributed by atoms with E-state index in [9.17, 15) is 25.9 Å². The Morgan fingerprint density at radius 1 is 0.723 bits per heavy atom. The van der Waals surface area contributed by atoms with Gasteiger partial charge in [0.05, 0.1) is 20.8 Å². The van der Waals surface area contributed by atoms with Crippen molar-refractivity contribution in [3.05, 3.63) is 11.1 Å². The average molecular weight is 732 g/mol. The van der Waals surface area contributed by atoms with E-state index in [2.05, 4.69) is 15.6 Å². The maximum atomic E-state index is 12.0. The van der Waals surface area contributed by atoms with Crippen LogP contribution in [0.15, 0.2) is 11.1 Å². The van der Waals surface area contributed by atoms with Crippen LogP contribution < -0.4 is 0 Å². The molecule has 8 nitrogen and oxygen atoms in total. The van der Waals surface area contributed by atoms with E-state index in [1.54, 1.807) is 13.8 Å². The van der Waals surface area contributed by atoms with Crippen LogP contribution >= 0.6 is 23.5 Å². The highest BCUT2D eigenvalue weighted by atomic mass is 32.2. The fourth-order valence-corrected chi connectivity index (χ4v) is 13.8. The highest BCUT2D eigenvalue weighted by Crippen LogP contribution is 2.51. The fraction of sp³-hybridized carbons (Fsp3) is 0.914. The average Bonchev–Trinajstić information content (AvgIpc) is 3.58. The first-order valence-electron chi connectivity index (χ1n) is 18.8. The molecule has 6 rings (SSSR count). The lowest BCUT2D eigenvalue weighted by atomic mass is 9.72. The van der Waals surface area contributed by atoms with Crippen LogP contribution in [-0.2, 0) is 20.2 Å². The molecule has 4 saturated carbocycles. The number of nitrogens with zero attached hydrogens (tertiary/aromatic N) is 2. The van der Waals surface area contributed by atoms with Crippen molar-refractivity contribution in [2.45, 2.75) is 163 Å². The lowest BCUT2D eigenvalue weighted by Gasteiger charge is -2.40. The van der Waals surface area contributed by atoms with Gasteiger partial charge in [-0.3, -0.25) is 9.11 Å². The van der Waals surface area contributed by atoms with Gasteiger partial charge in [0.1, 0.15) is 6.54 Å². The topological polar surface area (TPSA) is 115 Å². The Balaban J connectivity index is 1.28. The van der Waals surface area contributed by atoms with Crippen LogP contribution in [-0.4, -0.2) is 86.6 Å².